The molecule has 0 saturated heterocycles. The maximum atomic E-state index is 13.1. The third-order valence-corrected chi connectivity index (χ3v) is 17.2. The first kappa shape index (κ1) is 99.6. The van der Waals surface area contributed by atoms with Gasteiger partial charge in [-0.05, 0) is 161 Å². The fraction of sp³-hybridized carbons (Fsp3) is 0.563. The SMILES string of the molecule is CC/C=C\C/C=C\C/C=C\C/C=C\C/C=C\CCCC(=O)OC(COC(=O)CCCCCCCC/C=C\C/C=C\C/C=C\C/C=C\CC)COP(=O)(O)OCC(O)COP(=O)(O)OCC(COC(=O)C/C=C\C/C=C\C/C=C\C/C=C\C/C=C\CC)OC(=O)CCCCCCC/C=C\C/C=C\C/C=C\CC. The van der Waals surface area contributed by atoms with Crippen molar-refractivity contribution in [2.24, 2.45) is 0 Å². The van der Waals surface area contributed by atoms with Crippen molar-refractivity contribution in [1.82, 2.24) is 0 Å². The molecule has 5 unspecified atom stereocenters. The summed E-state index contributed by atoms with van der Waals surface area (Å²) in [6, 6.07) is 0. The molecular weight excluding hydrogens is 1380 g/mol. The van der Waals surface area contributed by atoms with Crippen molar-refractivity contribution in [3.05, 3.63) is 207 Å². The number of phosphoric acid groups is 2. The number of hydrogen-bond donors (Lipinski definition) is 3. The second-order valence-corrected chi connectivity index (χ2v) is 28.0. The molecule has 0 rings (SSSR count). The molecule has 0 bridgehead atoms. The molecule has 106 heavy (non-hydrogen) atoms. The van der Waals surface area contributed by atoms with Gasteiger partial charge in [0, 0.05) is 19.3 Å². The zero-order valence-electron chi connectivity index (χ0n) is 65.0. The monoisotopic (exact) mass is 1510 g/mol. The lowest BCUT2D eigenvalue weighted by molar-refractivity contribution is -0.161. The summed E-state index contributed by atoms with van der Waals surface area (Å²) in [5.41, 5.74) is 0. The van der Waals surface area contributed by atoms with Gasteiger partial charge in [-0.25, -0.2) is 9.13 Å². The van der Waals surface area contributed by atoms with Crippen LogP contribution in [0.2, 0.25) is 0 Å². The van der Waals surface area contributed by atoms with E-state index >= 15 is 0 Å². The number of hydrogen-bond acceptors (Lipinski definition) is 15. The van der Waals surface area contributed by atoms with Gasteiger partial charge in [-0.15, -0.1) is 0 Å². The standard InChI is InChI=1S/C87H136O17P2/c1-5-9-13-17-21-25-29-33-37-39-40-42-45-48-52-56-60-64-68-72-85(90)98-78-83(104-87(92)74-70-66-62-58-54-50-46-41-38-34-30-26-22-18-14-10-6-2)80-102-106(95,96)100-76-81(88)75-99-105(93,94)101-79-82(103-86(91)73-69-65-61-57-53-49-44-36-32-28-24-20-16-12-8-4)77-97-84(89)71-67-63-59-55-51-47-43-35-31-27-23-19-15-11-7-3/h9-16,21-28,33-38,40,42-44,46,50-51,55,58,62-63,67,81-83,88H,5-8,17-20,29-32,39,41,45,47-49,52-54,56-57,59-61,64-66,68-80H2,1-4H3,(H,93,94)(H,95,96)/b13-9-,14-10-,15-11-,16-12-,25-21-,26-22-,27-23-,28-24-,37-33-,38-34-,42-40-,43-35-,44-36-,50-46-,55-51-,62-58-,67-63-. The van der Waals surface area contributed by atoms with Gasteiger partial charge in [-0.1, -0.05) is 279 Å². The van der Waals surface area contributed by atoms with Gasteiger partial charge in [0.2, 0.25) is 0 Å². The predicted molar refractivity (Wildman–Crippen MR) is 435 cm³/mol. The molecule has 3 N–H and O–H groups in total. The van der Waals surface area contributed by atoms with Crippen molar-refractivity contribution in [3.8, 4) is 0 Å². The smallest absolute Gasteiger partial charge is 0.462 e. The summed E-state index contributed by atoms with van der Waals surface area (Å²) in [5, 5.41) is 10.6. The maximum Gasteiger partial charge on any atom is 0.472 e. The van der Waals surface area contributed by atoms with Crippen LogP contribution >= 0.6 is 15.6 Å². The van der Waals surface area contributed by atoms with Crippen LogP contribution in [0.25, 0.3) is 0 Å². The fourth-order valence-corrected chi connectivity index (χ4v) is 11.0. The Hall–Kier alpha value is -6.36. The number of phosphoric ester groups is 2. The minimum absolute atomic E-state index is 0.00181. The van der Waals surface area contributed by atoms with Crippen molar-refractivity contribution in [2.75, 3.05) is 39.6 Å². The topological polar surface area (TPSA) is 237 Å². The van der Waals surface area contributed by atoms with Crippen LogP contribution in [0.4, 0.5) is 0 Å². The van der Waals surface area contributed by atoms with E-state index in [2.05, 4.69) is 198 Å². The molecule has 0 amide bonds. The highest BCUT2D eigenvalue weighted by Crippen LogP contribution is 2.45. The van der Waals surface area contributed by atoms with E-state index in [1.165, 1.54) is 0 Å². The van der Waals surface area contributed by atoms with Crippen molar-refractivity contribution < 1.29 is 80.2 Å². The lowest BCUT2D eigenvalue weighted by Gasteiger charge is -2.21. The normalized spacial score (nSPS) is 15.0. The summed E-state index contributed by atoms with van der Waals surface area (Å²) in [4.78, 5) is 73.0. The molecule has 0 aromatic heterocycles. The zero-order chi connectivity index (χ0) is 77.4. The van der Waals surface area contributed by atoms with E-state index in [0.717, 1.165) is 173 Å². The number of ether oxygens (including phenoxy) is 4. The number of allylic oxidation sites excluding steroid dienone is 33. The Morgan fingerprint density at radius 2 is 0.509 bits per heavy atom. The quantitative estimate of drug-likeness (QED) is 0.0169. The molecule has 0 spiro atoms. The number of rotatable bonds is 71. The molecule has 596 valence electrons. The zero-order valence-corrected chi connectivity index (χ0v) is 66.8. The van der Waals surface area contributed by atoms with E-state index in [1.807, 2.05) is 30.4 Å². The first-order chi connectivity index (χ1) is 51.7. The molecule has 17 nitrogen and oxygen atoms in total. The number of carbonyl (C=O) groups is 4. The molecule has 0 aliphatic carbocycles. The van der Waals surface area contributed by atoms with Crippen LogP contribution in [0.3, 0.4) is 0 Å². The van der Waals surface area contributed by atoms with E-state index in [-0.39, 0.29) is 25.7 Å². The molecule has 0 saturated carbocycles. The van der Waals surface area contributed by atoms with Crippen molar-refractivity contribution in [1.29, 1.82) is 0 Å². The number of aliphatic hydroxyl groups is 1. The second-order valence-electron chi connectivity index (χ2n) is 25.1. The Morgan fingerprint density at radius 1 is 0.274 bits per heavy atom. The van der Waals surface area contributed by atoms with Crippen molar-refractivity contribution in [2.45, 2.75) is 277 Å². The molecular formula is C87H136O17P2. The number of esters is 4. The Balaban J connectivity index is 5.53. The Bertz CT molecular complexity index is 2830. The van der Waals surface area contributed by atoms with Crippen LogP contribution in [0, 0.1) is 0 Å². The van der Waals surface area contributed by atoms with Crippen LogP contribution < -0.4 is 0 Å². The number of carbonyl (C=O) groups excluding carboxylic acids is 4. The van der Waals surface area contributed by atoms with Crippen LogP contribution in [0.1, 0.15) is 259 Å². The minimum Gasteiger partial charge on any atom is -0.462 e. The van der Waals surface area contributed by atoms with E-state index in [1.54, 1.807) is 6.08 Å². The summed E-state index contributed by atoms with van der Waals surface area (Å²) in [6.45, 7) is 4.16. The van der Waals surface area contributed by atoms with Gasteiger partial charge < -0.3 is 33.8 Å². The summed E-state index contributed by atoms with van der Waals surface area (Å²) >= 11 is 0. The summed E-state index contributed by atoms with van der Waals surface area (Å²) < 4.78 is 68.4. The highest BCUT2D eigenvalue weighted by atomic mass is 31.2. The Labute approximate surface area is 639 Å². The van der Waals surface area contributed by atoms with Gasteiger partial charge in [0.15, 0.2) is 12.2 Å². The predicted octanol–water partition coefficient (Wildman–Crippen LogP) is 23.1. The molecule has 0 heterocycles. The van der Waals surface area contributed by atoms with E-state index < -0.39 is 97.5 Å². The minimum atomic E-state index is -5.02. The Kier molecular flexibility index (Phi) is 72.2. The second kappa shape index (κ2) is 76.8. The first-order valence-corrected chi connectivity index (χ1v) is 42.3. The number of unbranched alkanes of at least 4 members (excludes halogenated alkanes) is 12. The highest BCUT2D eigenvalue weighted by Gasteiger charge is 2.30. The third-order valence-electron chi connectivity index (χ3n) is 15.3. The largest absolute Gasteiger partial charge is 0.472 e. The fourth-order valence-electron chi connectivity index (χ4n) is 9.45. The van der Waals surface area contributed by atoms with Gasteiger partial charge in [0.1, 0.15) is 19.3 Å². The Morgan fingerprint density at radius 3 is 0.830 bits per heavy atom. The number of aliphatic hydroxyl groups excluding tert-OH is 1. The van der Waals surface area contributed by atoms with Crippen LogP contribution in [0.15, 0.2) is 207 Å². The third kappa shape index (κ3) is 75.9. The molecule has 0 aliphatic heterocycles. The summed E-state index contributed by atoms with van der Waals surface area (Å²) in [5.74, 6) is -2.45. The van der Waals surface area contributed by atoms with Gasteiger partial charge in [-0.2, -0.15) is 0 Å². The van der Waals surface area contributed by atoms with E-state index in [0.29, 0.717) is 32.1 Å². The molecule has 0 radical (unpaired) electrons. The first-order valence-electron chi connectivity index (χ1n) is 39.3. The van der Waals surface area contributed by atoms with Crippen LogP contribution in [-0.2, 0) is 65.4 Å². The van der Waals surface area contributed by atoms with Crippen molar-refractivity contribution in [3.63, 3.8) is 0 Å². The van der Waals surface area contributed by atoms with Gasteiger partial charge >= 0.3 is 39.5 Å². The van der Waals surface area contributed by atoms with Gasteiger partial charge in [0.05, 0.1) is 32.8 Å². The lowest BCUT2D eigenvalue weighted by Crippen LogP contribution is -2.30. The highest BCUT2D eigenvalue weighted by molar-refractivity contribution is 7.47. The summed E-state index contributed by atoms with van der Waals surface area (Å²) in [7, 11) is -10.0. The lowest BCUT2D eigenvalue weighted by atomic mass is 10.1. The molecule has 0 aliphatic rings. The molecule has 19 heteroatoms. The molecule has 5 atom stereocenters. The average molecular weight is 1520 g/mol. The van der Waals surface area contributed by atoms with Gasteiger partial charge in [0.25, 0.3) is 0 Å². The molecule has 0 aromatic rings. The summed E-state index contributed by atoms with van der Waals surface area (Å²) in [6.07, 6.45) is 95.6. The van der Waals surface area contributed by atoms with Crippen molar-refractivity contribution >= 4 is 39.5 Å². The molecule has 0 fully saturated rings. The maximum absolute atomic E-state index is 13.1. The van der Waals surface area contributed by atoms with E-state index in [4.69, 9.17) is 37.0 Å². The van der Waals surface area contributed by atoms with Crippen LogP contribution in [0.5, 0.6) is 0 Å². The van der Waals surface area contributed by atoms with Crippen LogP contribution in [-0.4, -0.2) is 96.7 Å². The van der Waals surface area contributed by atoms with E-state index in [9.17, 15) is 43.2 Å². The molecule has 0 aromatic carbocycles. The van der Waals surface area contributed by atoms with Gasteiger partial charge in [-0.3, -0.25) is 37.3 Å². The average Bonchev–Trinajstić information content (AvgIpc) is 0.907.